The molecule has 4 aromatic rings. The Morgan fingerprint density at radius 3 is 2.59 bits per heavy atom. The minimum Gasteiger partial charge on any atom is -0.454 e. The molecule has 1 aliphatic carbocycles. The predicted molar refractivity (Wildman–Crippen MR) is 144 cm³/mol. The smallest absolute Gasteiger partial charge is 0.254 e. The van der Waals surface area contributed by atoms with Crippen LogP contribution in [0.5, 0.6) is 11.5 Å². The summed E-state index contributed by atoms with van der Waals surface area (Å²) in [6, 6.07) is 15.9. The average Bonchev–Trinajstić information content (AvgIpc) is 3.57. The second-order valence-corrected chi connectivity index (χ2v) is 10.9. The molecular weight excluding hydrogens is 484 g/mol. The molecule has 7 nitrogen and oxygen atoms in total. The minimum atomic E-state index is 0.0310. The molecule has 188 valence electrons. The first kappa shape index (κ1) is 22.5. The zero-order valence-electron chi connectivity index (χ0n) is 20.6. The van der Waals surface area contributed by atoms with Crippen molar-refractivity contribution in [2.45, 2.75) is 32.1 Å². The lowest BCUT2D eigenvalue weighted by molar-refractivity contribution is 0.0746. The van der Waals surface area contributed by atoms with Crippen molar-refractivity contribution in [3.8, 4) is 11.5 Å². The molecule has 2 aliphatic heterocycles. The molecule has 2 aromatic carbocycles. The highest BCUT2D eigenvalue weighted by molar-refractivity contribution is 7.19. The molecule has 0 N–H and O–H groups in total. The van der Waals surface area contributed by atoms with E-state index in [1.54, 1.807) is 6.07 Å². The zero-order valence-corrected chi connectivity index (χ0v) is 21.4. The number of ether oxygens (including phenoxy) is 2. The summed E-state index contributed by atoms with van der Waals surface area (Å²) in [6.45, 7) is 3.01. The highest BCUT2D eigenvalue weighted by Crippen LogP contribution is 2.40. The van der Waals surface area contributed by atoms with Crippen molar-refractivity contribution in [2.24, 2.45) is 0 Å². The largest absolute Gasteiger partial charge is 0.454 e. The van der Waals surface area contributed by atoms with E-state index in [1.807, 2.05) is 34.4 Å². The van der Waals surface area contributed by atoms with Crippen LogP contribution in [0.2, 0.25) is 0 Å². The third-order valence-corrected chi connectivity index (χ3v) is 8.72. The van der Waals surface area contributed by atoms with E-state index in [0.29, 0.717) is 30.2 Å². The summed E-state index contributed by atoms with van der Waals surface area (Å²) < 4.78 is 10.9. The van der Waals surface area contributed by atoms with Crippen LogP contribution in [0.1, 0.15) is 45.0 Å². The number of fused-ring (bicyclic) bond motifs is 4. The van der Waals surface area contributed by atoms with Crippen LogP contribution in [-0.4, -0.2) is 53.7 Å². The van der Waals surface area contributed by atoms with Gasteiger partial charge >= 0.3 is 0 Å². The summed E-state index contributed by atoms with van der Waals surface area (Å²) in [5.74, 6) is 3.28. The SMILES string of the molecule is O=C(c1ccc2c(c1)OCO2)N1CCN(c2nc(Cc3ccccc3)nc3sc4c(c23)CCCC4)CC1. The van der Waals surface area contributed by atoms with Crippen molar-refractivity contribution >= 4 is 33.3 Å². The standard InChI is InChI=1S/C29H28N4O3S/c34-29(20-10-11-22-23(17-20)36-18-35-22)33-14-12-32(13-15-33)27-26-21-8-4-5-9-24(21)37-28(26)31-25(30-27)16-19-6-2-1-3-7-19/h1-3,6-7,10-11,17H,4-5,8-9,12-16,18H2. The molecule has 3 aliphatic rings. The van der Waals surface area contributed by atoms with Crippen molar-refractivity contribution in [2.75, 3.05) is 37.9 Å². The van der Waals surface area contributed by atoms with Gasteiger partial charge in [-0.05, 0) is 55.0 Å². The van der Waals surface area contributed by atoms with Gasteiger partial charge < -0.3 is 19.3 Å². The van der Waals surface area contributed by atoms with E-state index in [1.165, 1.54) is 34.2 Å². The summed E-state index contributed by atoms with van der Waals surface area (Å²) in [6.07, 6.45) is 5.44. The number of hydrogen-bond donors (Lipinski definition) is 0. The number of aryl methyl sites for hydroxylation is 2. The van der Waals surface area contributed by atoms with Crippen molar-refractivity contribution in [1.82, 2.24) is 14.9 Å². The van der Waals surface area contributed by atoms with E-state index in [4.69, 9.17) is 19.4 Å². The minimum absolute atomic E-state index is 0.0310. The fourth-order valence-corrected chi connectivity index (χ4v) is 6.88. The molecule has 1 fully saturated rings. The zero-order chi connectivity index (χ0) is 24.8. The van der Waals surface area contributed by atoms with Crippen LogP contribution < -0.4 is 14.4 Å². The fourth-order valence-electron chi connectivity index (χ4n) is 5.60. The quantitative estimate of drug-likeness (QED) is 0.389. The Bertz CT molecular complexity index is 1480. The molecule has 0 spiro atoms. The van der Waals surface area contributed by atoms with Crippen LogP contribution in [0.3, 0.4) is 0 Å². The highest BCUT2D eigenvalue weighted by atomic mass is 32.1. The molecule has 0 saturated carbocycles. The number of benzene rings is 2. The monoisotopic (exact) mass is 512 g/mol. The Balaban J connectivity index is 1.17. The van der Waals surface area contributed by atoms with Crippen molar-refractivity contribution < 1.29 is 14.3 Å². The molecule has 7 rings (SSSR count). The molecule has 37 heavy (non-hydrogen) atoms. The topological polar surface area (TPSA) is 67.8 Å². The van der Waals surface area contributed by atoms with Crippen LogP contribution in [-0.2, 0) is 19.3 Å². The van der Waals surface area contributed by atoms with E-state index in [2.05, 4.69) is 29.2 Å². The molecule has 0 radical (unpaired) electrons. The molecule has 8 heteroatoms. The number of carbonyl (C=O) groups excluding carboxylic acids is 1. The van der Waals surface area contributed by atoms with Gasteiger partial charge in [-0.15, -0.1) is 11.3 Å². The van der Waals surface area contributed by atoms with Crippen molar-refractivity contribution in [3.63, 3.8) is 0 Å². The van der Waals surface area contributed by atoms with E-state index in [-0.39, 0.29) is 12.7 Å². The second kappa shape index (κ2) is 9.34. The molecule has 1 amide bonds. The fraction of sp³-hybridized carbons (Fsp3) is 0.345. The summed E-state index contributed by atoms with van der Waals surface area (Å²) in [5, 5.41) is 1.24. The van der Waals surface area contributed by atoms with Gasteiger partial charge in [0.05, 0.1) is 5.39 Å². The van der Waals surface area contributed by atoms with Gasteiger partial charge in [-0.25, -0.2) is 9.97 Å². The van der Waals surface area contributed by atoms with Crippen molar-refractivity contribution in [3.05, 3.63) is 75.9 Å². The third-order valence-electron chi connectivity index (χ3n) is 7.53. The molecule has 0 unspecified atom stereocenters. The van der Waals surface area contributed by atoms with Gasteiger partial charge in [0.15, 0.2) is 11.5 Å². The first-order chi connectivity index (χ1) is 18.2. The van der Waals surface area contributed by atoms with Gasteiger partial charge in [0.25, 0.3) is 5.91 Å². The highest BCUT2D eigenvalue weighted by Gasteiger charge is 2.28. The number of rotatable bonds is 4. The number of carbonyl (C=O) groups is 1. The maximum absolute atomic E-state index is 13.2. The normalized spacial score (nSPS) is 16.8. The maximum atomic E-state index is 13.2. The number of nitrogens with zero attached hydrogens (tertiary/aromatic N) is 4. The van der Waals surface area contributed by atoms with Gasteiger partial charge in [0.1, 0.15) is 16.5 Å². The number of anilines is 1. The van der Waals surface area contributed by atoms with Gasteiger partial charge in [-0.3, -0.25) is 4.79 Å². The van der Waals surface area contributed by atoms with E-state index in [0.717, 1.165) is 48.8 Å². The number of thiophene rings is 1. The summed E-state index contributed by atoms with van der Waals surface area (Å²) in [5.41, 5.74) is 3.30. The van der Waals surface area contributed by atoms with E-state index < -0.39 is 0 Å². The van der Waals surface area contributed by atoms with E-state index >= 15 is 0 Å². The lowest BCUT2D eigenvalue weighted by atomic mass is 9.96. The summed E-state index contributed by atoms with van der Waals surface area (Å²) in [4.78, 5) is 30.3. The lowest BCUT2D eigenvalue weighted by Crippen LogP contribution is -2.49. The summed E-state index contributed by atoms with van der Waals surface area (Å²) in [7, 11) is 0. The molecule has 4 heterocycles. The van der Waals surface area contributed by atoms with Crippen LogP contribution in [0.25, 0.3) is 10.2 Å². The molecule has 0 atom stereocenters. The molecule has 1 saturated heterocycles. The Labute approximate surface area is 219 Å². The van der Waals surface area contributed by atoms with Crippen LogP contribution >= 0.6 is 11.3 Å². The Hall–Kier alpha value is -3.65. The van der Waals surface area contributed by atoms with Crippen LogP contribution in [0.4, 0.5) is 5.82 Å². The molecule has 0 bridgehead atoms. The van der Waals surface area contributed by atoms with Gasteiger partial charge in [-0.2, -0.15) is 0 Å². The maximum Gasteiger partial charge on any atom is 0.254 e. The Kier molecular flexibility index (Phi) is 5.69. The first-order valence-electron chi connectivity index (χ1n) is 13.0. The number of aromatic nitrogens is 2. The van der Waals surface area contributed by atoms with Gasteiger partial charge in [0, 0.05) is 43.0 Å². The Morgan fingerprint density at radius 1 is 0.919 bits per heavy atom. The van der Waals surface area contributed by atoms with Crippen LogP contribution in [0, 0.1) is 0 Å². The first-order valence-corrected chi connectivity index (χ1v) is 13.8. The number of amides is 1. The van der Waals surface area contributed by atoms with Crippen LogP contribution in [0.15, 0.2) is 48.5 Å². The number of piperazine rings is 1. The van der Waals surface area contributed by atoms with Gasteiger partial charge in [0.2, 0.25) is 6.79 Å². The van der Waals surface area contributed by atoms with Gasteiger partial charge in [-0.1, -0.05) is 30.3 Å². The molecule has 2 aromatic heterocycles. The lowest BCUT2D eigenvalue weighted by Gasteiger charge is -2.36. The third kappa shape index (κ3) is 4.19. The number of hydrogen-bond acceptors (Lipinski definition) is 7. The summed E-state index contributed by atoms with van der Waals surface area (Å²) >= 11 is 1.85. The molecular formula is C29H28N4O3S. The average molecular weight is 513 g/mol. The second-order valence-electron chi connectivity index (χ2n) is 9.86. The Morgan fingerprint density at radius 2 is 1.73 bits per heavy atom. The predicted octanol–water partition coefficient (Wildman–Crippen LogP) is 4.85. The van der Waals surface area contributed by atoms with Crippen molar-refractivity contribution in [1.29, 1.82) is 0 Å². The van der Waals surface area contributed by atoms with E-state index in [9.17, 15) is 4.79 Å².